The maximum atomic E-state index is 12.3. The molecule has 1 heterocycles. The van der Waals surface area contributed by atoms with Crippen molar-refractivity contribution in [3.05, 3.63) is 57.3 Å². The van der Waals surface area contributed by atoms with Gasteiger partial charge in [0.2, 0.25) is 0 Å². The molecule has 1 aromatic heterocycles. The van der Waals surface area contributed by atoms with Gasteiger partial charge in [0, 0.05) is 16.4 Å². The average Bonchev–Trinajstić information content (AvgIpc) is 2.48. The number of pyridine rings is 1. The molecular weight excluding hydrogens is 351 g/mol. The Balaban J connectivity index is 2.06. The number of benzene rings is 1. The van der Waals surface area contributed by atoms with E-state index in [0.29, 0.717) is 22.0 Å². The molecule has 0 radical (unpaired) electrons. The van der Waals surface area contributed by atoms with Crippen molar-refractivity contribution < 1.29 is 14.3 Å². The van der Waals surface area contributed by atoms with Crippen LogP contribution in [0.25, 0.3) is 0 Å². The maximum Gasteiger partial charge on any atom is 0.342 e. The lowest BCUT2D eigenvalue weighted by Gasteiger charge is -2.15. The second kappa shape index (κ2) is 7.64. The van der Waals surface area contributed by atoms with Gasteiger partial charge in [-0.2, -0.15) is 0 Å². The SMILES string of the molecule is Cc1cc(C)c(C(=O)O[C@@H](C)C(=O)Nc2ccc(Cl)cc2)c(Cl)n1. The summed E-state index contributed by atoms with van der Waals surface area (Å²) in [5.41, 5.74) is 2.05. The smallest absolute Gasteiger partial charge is 0.342 e. The molecule has 0 saturated carbocycles. The fourth-order valence-electron chi connectivity index (χ4n) is 2.09. The van der Waals surface area contributed by atoms with E-state index in [1.54, 1.807) is 44.2 Å². The third kappa shape index (κ3) is 4.46. The molecule has 1 amide bonds. The van der Waals surface area contributed by atoms with Gasteiger partial charge in [-0.25, -0.2) is 9.78 Å². The number of hydrogen-bond acceptors (Lipinski definition) is 4. The molecule has 0 spiro atoms. The van der Waals surface area contributed by atoms with Gasteiger partial charge in [0.25, 0.3) is 5.91 Å². The van der Waals surface area contributed by atoms with E-state index >= 15 is 0 Å². The summed E-state index contributed by atoms with van der Waals surface area (Å²) in [6.45, 7) is 4.99. The van der Waals surface area contributed by atoms with Crippen LogP contribution in [0, 0.1) is 13.8 Å². The highest BCUT2D eigenvalue weighted by molar-refractivity contribution is 6.32. The molecular formula is C17H16Cl2N2O3. The number of nitrogens with one attached hydrogen (secondary N) is 1. The quantitative estimate of drug-likeness (QED) is 0.650. The average molecular weight is 367 g/mol. The third-order valence-electron chi connectivity index (χ3n) is 3.27. The van der Waals surface area contributed by atoms with Crippen molar-refractivity contribution in [2.24, 2.45) is 0 Å². The Kier molecular flexibility index (Phi) is 5.80. The van der Waals surface area contributed by atoms with Crippen molar-refractivity contribution in [3.8, 4) is 0 Å². The van der Waals surface area contributed by atoms with E-state index in [0.717, 1.165) is 0 Å². The molecule has 24 heavy (non-hydrogen) atoms. The summed E-state index contributed by atoms with van der Waals surface area (Å²) in [6, 6.07) is 8.32. The number of carbonyl (C=O) groups is 2. The zero-order valence-corrected chi connectivity index (χ0v) is 14.9. The van der Waals surface area contributed by atoms with Gasteiger partial charge in [-0.15, -0.1) is 0 Å². The second-order valence-corrected chi connectivity index (χ2v) is 6.08. The van der Waals surface area contributed by atoms with E-state index in [9.17, 15) is 9.59 Å². The Hall–Kier alpha value is -2.11. The van der Waals surface area contributed by atoms with Crippen LogP contribution < -0.4 is 5.32 Å². The van der Waals surface area contributed by atoms with Crippen LogP contribution in [0.5, 0.6) is 0 Å². The minimum atomic E-state index is -0.995. The fraction of sp³-hybridized carbons (Fsp3) is 0.235. The van der Waals surface area contributed by atoms with Crippen molar-refractivity contribution in [2.75, 3.05) is 5.32 Å². The summed E-state index contributed by atoms with van der Waals surface area (Å²) in [5, 5.41) is 3.26. The molecule has 0 bridgehead atoms. The van der Waals surface area contributed by atoms with E-state index in [2.05, 4.69) is 10.3 Å². The van der Waals surface area contributed by atoms with E-state index in [-0.39, 0.29) is 10.7 Å². The minimum Gasteiger partial charge on any atom is -0.449 e. The van der Waals surface area contributed by atoms with Gasteiger partial charge in [-0.05, 0) is 56.7 Å². The summed E-state index contributed by atoms with van der Waals surface area (Å²) in [6.07, 6.45) is -0.995. The van der Waals surface area contributed by atoms with Gasteiger partial charge >= 0.3 is 5.97 Å². The molecule has 0 fully saturated rings. The van der Waals surface area contributed by atoms with Crippen molar-refractivity contribution in [1.82, 2.24) is 4.98 Å². The molecule has 5 nitrogen and oxygen atoms in total. The maximum absolute atomic E-state index is 12.3. The first-order chi connectivity index (χ1) is 11.3. The molecule has 2 rings (SSSR count). The molecule has 0 aliphatic heterocycles. The predicted octanol–water partition coefficient (Wildman–Crippen LogP) is 4.19. The lowest BCUT2D eigenvalue weighted by atomic mass is 10.1. The van der Waals surface area contributed by atoms with E-state index in [4.69, 9.17) is 27.9 Å². The Bertz CT molecular complexity index is 753. The van der Waals surface area contributed by atoms with Gasteiger partial charge < -0.3 is 10.1 Å². The van der Waals surface area contributed by atoms with Crippen LogP contribution in [-0.4, -0.2) is 23.0 Å². The van der Waals surface area contributed by atoms with Gasteiger partial charge in [-0.1, -0.05) is 23.2 Å². The zero-order valence-electron chi connectivity index (χ0n) is 13.4. The van der Waals surface area contributed by atoms with Crippen LogP contribution in [0.4, 0.5) is 5.69 Å². The number of rotatable bonds is 4. The van der Waals surface area contributed by atoms with Crippen LogP contribution in [0.1, 0.15) is 28.5 Å². The normalized spacial score (nSPS) is 11.7. The van der Waals surface area contributed by atoms with Crippen LogP contribution >= 0.6 is 23.2 Å². The first kappa shape index (κ1) is 18.2. The topological polar surface area (TPSA) is 68.3 Å². The molecule has 1 atom stereocenters. The lowest BCUT2D eigenvalue weighted by molar-refractivity contribution is -0.123. The van der Waals surface area contributed by atoms with Crippen molar-refractivity contribution in [2.45, 2.75) is 26.9 Å². The van der Waals surface area contributed by atoms with Gasteiger partial charge in [0.15, 0.2) is 6.10 Å². The number of carbonyl (C=O) groups excluding carboxylic acids is 2. The van der Waals surface area contributed by atoms with Crippen LogP contribution in [-0.2, 0) is 9.53 Å². The minimum absolute atomic E-state index is 0.0582. The monoisotopic (exact) mass is 366 g/mol. The largest absolute Gasteiger partial charge is 0.449 e. The number of ether oxygens (including phenoxy) is 1. The highest BCUT2D eigenvalue weighted by Gasteiger charge is 2.23. The summed E-state index contributed by atoms with van der Waals surface area (Å²) >= 11 is 11.8. The number of aryl methyl sites for hydroxylation is 2. The molecule has 0 saturated heterocycles. The molecule has 7 heteroatoms. The van der Waals surface area contributed by atoms with Crippen LogP contribution in [0.2, 0.25) is 10.2 Å². The summed E-state index contributed by atoms with van der Waals surface area (Å²) in [7, 11) is 0. The van der Waals surface area contributed by atoms with Crippen molar-refractivity contribution >= 4 is 40.8 Å². The third-order valence-corrected chi connectivity index (χ3v) is 3.79. The molecule has 0 aliphatic carbocycles. The Morgan fingerprint density at radius 3 is 2.38 bits per heavy atom. The Labute approximate surface area is 149 Å². The Morgan fingerprint density at radius 1 is 1.17 bits per heavy atom. The highest BCUT2D eigenvalue weighted by Crippen LogP contribution is 2.20. The zero-order chi connectivity index (χ0) is 17.9. The number of aromatic nitrogens is 1. The number of nitrogens with zero attached hydrogens (tertiary/aromatic N) is 1. The molecule has 1 aromatic carbocycles. The van der Waals surface area contributed by atoms with Gasteiger partial charge in [0.1, 0.15) is 5.15 Å². The number of hydrogen-bond donors (Lipinski definition) is 1. The lowest BCUT2D eigenvalue weighted by Crippen LogP contribution is -2.30. The molecule has 1 N–H and O–H groups in total. The summed E-state index contributed by atoms with van der Waals surface area (Å²) in [4.78, 5) is 28.4. The van der Waals surface area contributed by atoms with Crippen molar-refractivity contribution in [3.63, 3.8) is 0 Å². The molecule has 0 aliphatic rings. The highest BCUT2D eigenvalue weighted by atomic mass is 35.5. The van der Waals surface area contributed by atoms with Crippen LogP contribution in [0.3, 0.4) is 0 Å². The summed E-state index contributed by atoms with van der Waals surface area (Å²) in [5.74, 6) is -1.15. The van der Waals surface area contributed by atoms with Gasteiger partial charge in [-0.3, -0.25) is 4.79 Å². The first-order valence-electron chi connectivity index (χ1n) is 7.19. The summed E-state index contributed by atoms with van der Waals surface area (Å²) < 4.78 is 5.19. The number of amides is 1. The standard InChI is InChI=1S/C17H16Cl2N2O3/c1-9-8-10(2)20-15(19)14(9)17(23)24-11(3)16(22)21-13-6-4-12(18)5-7-13/h4-8,11H,1-3H3,(H,21,22)/t11-/m0/s1. The van der Waals surface area contributed by atoms with E-state index in [1.165, 1.54) is 6.92 Å². The first-order valence-corrected chi connectivity index (χ1v) is 7.94. The van der Waals surface area contributed by atoms with E-state index in [1.807, 2.05) is 0 Å². The number of esters is 1. The molecule has 2 aromatic rings. The number of anilines is 1. The predicted molar refractivity (Wildman–Crippen MR) is 93.7 cm³/mol. The Morgan fingerprint density at radius 2 is 1.79 bits per heavy atom. The van der Waals surface area contributed by atoms with Crippen molar-refractivity contribution in [1.29, 1.82) is 0 Å². The van der Waals surface area contributed by atoms with E-state index < -0.39 is 18.0 Å². The second-order valence-electron chi connectivity index (χ2n) is 5.29. The number of halogens is 2. The molecule has 0 unspecified atom stereocenters. The van der Waals surface area contributed by atoms with Gasteiger partial charge in [0.05, 0.1) is 5.56 Å². The van der Waals surface area contributed by atoms with Crippen LogP contribution in [0.15, 0.2) is 30.3 Å². The fourth-order valence-corrected chi connectivity index (χ4v) is 2.57. The molecule has 126 valence electrons.